The molecule has 0 spiro atoms. The highest BCUT2D eigenvalue weighted by atomic mass is 15.3. The molecule has 1 atom stereocenters. The third kappa shape index (κ3) is 3.53. The molecule has 0 fully saturated rings. The molecule has 1 N–H and O–H groups in total. The van der Waals surface area contributed by atoms with Gasteiger partial charge in [-0.1, -0.05) is 44.5 Å². The first-order valence-corrected chi connectivity index (χ1v) is 8.06. The fraction of sp³-hybridized carbons (Fsp3) is 0.500. The second-order valence-electron chi connectivity index (χ2n) is 5.45. The van der Waals surface area contributed by atoms with Gasteiger partial charge in [-0.25, -0.2) is 0 Å². The van der Waals surface area contributed by atoms with E-state index in [1.54, 1.807) is 0 Å². The Balaban J connectivity index is 2.39. The van der Waals surface area contributed by atoms with Crippen molar-refractivity contribution >= 4 is 0 Å². The van der Waals surface area contributed by atoms with E-state index in [1.807, 2.05) is 7.05 Å². The molecule has 0 saturated carbocycles. The molecule has 1 aromatic heterocycles. The van der Waals surface area contributed by atoms with Crippen LogP contribution in [0.4, 0.5) is 0 Å². The Morgan fingerprint density at radius 3 is 2.62 bits per heavy atom. The molecule has 2 rings (SSSR count). The molecule has 21 heavy (non-hydrogen) atoms. The van der Waals surface area contributed by atoms with Gasteiger partial charge in [0.1, 0.15) is 0 Å². The van der Waals surface area contributed by atoms with Crippen LogP contribution in [0.25, 0.3) is 0 Å². The molecule has 0 saturated heterocycles. The first kappa shape index (κ1) is 15.8. The van der Waals surface area contributed by atoms with Crippen LogP contribution in [-0.2, 0) is 19.4 Å². The number of hydrogen-bond acceptors (Lipinski definition) is 2. The highest BCUT2D eigenvalue weighted by molar-refractivity contribution is 5.32. The first-order chi connectivity index (χ1) is 10.2. The van der Waals surface area contributed by atoms with E-state index >= 15 is 0 Å². The number of aromatic nitrogens is 2. The summed E-state index contributed by atoms with van der Waals surface area (Å²) in [6.45, 7) is 7.43. The average Bonchev–Trinajstić information content (AvgIpc) is 2.92. The van der Waals surface area contributed by atoms with Crippen molar-refractivity contribution < 1.29 is 0 Å². The summed E-state index contributed by atoms with van der Waals surface area (Å²) >= 11 is 0. The summed E-state index contributed by atoms with van der Waals surface area (Å²) in [5.74, 6) is 0. The summed E-state index contributed by atoms with van der Waals surface area (Å²) in [6, 6.07) is 11.3. The second-order valence-corrected chi connectivity index (χ2v) is 5.45. The van der Waals surface area contributed by atoms with Gasteiger partial charge in [-0.3, -0.25) is 4.68 Å². The van der Waals surface area contributed by atoms with Crippen LogP contribution in [0.2, 0.25) is 0 Å². The molecule has 0 aliphatic rings. The Hall–Kier alpha value is -1.61. The minimum Gasteiger partial charge on any atom is -0.308 e. The van der Waals surface area contributed by atoms with Crippen molar-refractivity contribution in [3.05, 3.63) is 52.8 Å². The lowest BCUT2D eigenvalue weighted by atomic mass is 9.99. The van der Waals surface area contributed by atoms with E-state index in [-0.39, 0.29) is 6.04 Å². The van der Waals surface area contributed by atoms with Gasteiger partial charge in [-0.2, -0.15) is 5.10 Å². The molecule has 1 aromatic carbocycles. The van der Waals surface area contributed by atoms with E-state index < -0.39 is 0 Å². The van der Waals surface area contributed by atoms with Gasteiger partial charge in [-0.15, -0.1) is 0 Å². The lowest BCUT2D eigenvalue weighted by Crippen LogP contribution is -2.21. The van der Waals surface area contributed by atoms with Crippen LogP contribution >= 0.6 is 0 Å². The van der Waals surface area contributed by atoms with Gasteiger partial charge in [0.25, 0.3) is 0 Å². The summed E-state index contributed by atoms with van der Waals surface area (Å²) in [4.78, 5) is 0. The smallest absolute Gasteiger partial charge is 0.0746 e. The van der Waals surface area contributed by atoms with Crippen molar-refractivity contribution in [3.63, 3.8) is 0 Å². The molecule has 0 amide bonds. The third-order valence-corrected chi connectivity index (χ3v) is 3.93. The first-order valence-electron chi connectivity index (χ1n) is 8.06. The Morgan fingerprint density at radius 1 is 1.19 bits per heavy atom. The Kier molecular flexibility index (Phi) is 5.57. The molecule has 114 valence electrons. The highest BCUT2D eigenvalue weighted by Gasteiger charge is 2.18. The summed E-state index contributed by atoms with van der Waals surface area (Å²) in [5, 5.41) is 8.13. The zero-order valence-corrected chi connectivity index (χ0v) is 13.7. The van der Waals surface area contributed by atoms with E-state index in [2.05, 4.69) is 66.2 Å². The van der Waals surface area contributed by atoms with Crippen LogP contribution in [-0.4, -0.2) is 16.8 Å². The lowest BCUT2D eigenvalue weighted by Gasteiger charge is -2.18. The number of aryl methyl sites for hydroxylation is 3. The largest absolute Gasteiger partial charge is 0.308 e. The standard InChI is InChI=1S/C18H27N3/c1-5-9-14-10-8-11-15(12-14)18(19-4)17-13-16(6-2)20-21(17)7-3/h8,10-13,18-19H,5-7,9H2,1-4H3. The molecule has 2 aromatic rings. The molecular formula is C18H27N3. The van der Waals surface area contributed by atoms with E-state index in [0.29, 0.717) is 0 Å². The molecule has 3 heteroatoms. The van der Waals surface area contributed by atoms with E-state index in [0.717, 1.165) is 25.1 Å². The van der Waals surface area contributed by atoms with Gasteiger partial charge in [-0.05, 0) is 44.0 Å². The van der Waals surface area contributed by atoms with Gasteiger partial charge in [0.15, 0.2) is 0 Å². The molecule has 0 aliphatic carbocycles. The van der Waals surface area contributed by atoms with Crippen molar-refractivity contribution in [1.29, 1.82) is 0 Å². The number of nitrogens with zero attached hydrogens (tertiary/aromatic N) is 2. The molecule has 1 unspecified atom stereocenters. The number of hydrogen-bond donors (Lipinski definition) is 1. The lowest BCUT2D eigenvalue weighted by molar-refractivity contribution is 0.560. The molecule has 1 heterocycles. The third-order valence-electron chi connectivity index (χ3n) is 3.93. The molecule has 0 bridgehead atoms. The minimum atomic E-state index is 0.203. The van der Waals surface area contributed by atoms with E-state index in [9.17, 15) is 0 Å². The maximum atomic E-state index is 4.68. The van der Waals surface area contributed by atoms with E-state index in [1.165, 1.54) is 23.2 Å². The maximum absolute atomic E-state index is 4.68. The molecule has 0 radical (unpaired) electrons. The van der Waals surface area contributed by atoms with Crippen LogP contribution in [0, 0.1) is 0 Å². The summed E-state index contributed by atoms with van der Waals surface area (Å²) in [5.41, 5.74) is 5.15. The van der Waals surface area contributed by atoms with Gasteiger partial charge >= 0.3 is 0 Å². The van der Waals surface area contributed by atoms with Gasteiger partial charge in [0, 0.05) is 6.54 Å². The summed E-state index contributed by atoms with van der Waals surface area (Å²) < 4.78 is 2.12. The maximum Gasteiger partial charge on any atom is 0.0746 e. The topological polar surface area (TPSA) is 29.9 Å². The fourth-order valence-electron chi connectivity index (χ4n) is 2.85. The number of rotatable bonds is 7. The van der Waals surface area contributed by atoms with Crippen molar-refractivity contribution in [2.24, 2.45) is 0 Å². The van der Waals surface area contributed by atoms with Crippen molar-refractivity contribution in [3.8, 4) is 0 Å². The molecular weight excluding hydrogens is 258 g/mol. The van der Waals surface area contributed by atoms with Crippen LogP contribution in [0.1, 0.15) is 55.7 Å². The van der Waals surface area contributed by atoms with Gasteiger partial charge in [0.05, 0.1) is 17.4 Å². The number of benzene rings is 1. The zero-order chi connectivity index (χ0) is 15.2. The number of nitrogens with one attached hydrogen (secondary N) is 1. The van der Waals surface area contributed by atoms with Crippen LogP contribution in [0.5, 0.6) is 0 Å². The predicted molar refractivity (Wildman–Crippen MR) is 88.6 cm³/mol. The van der Waals surface area contributed by atoms with Crippen LogP contribution < -0.4 is 5.32 Å². The van der Waals surface area contributed by atoms with Gasteiger partial charge < -0.3 is 5.32 Å². The molecule has 0 aliphatic heterocycles. The molecule has 3 nitrogen and oxygen atoms in total. The normalized spacial score (nSPS) is 12.6. The predicted octanol–water partition coefficient (Wildman–Crippen LogP) is 3.73. The summed E-state index contributed by atoms with van der Waals surface area (Å²) in [6.07, 6.45) is 3.30. The highest BCUT2D eigenvalue weighted by Crippen LogP contribution is 2.24. The van der Waals surface area contributed by atoms with Crippen molar-refractivity contribution in [2.75, 3.05) is 7.05 Å². The quantitative estimate of drug-likeness (QED) is 0.840. The monoisotopic (exact) mass is 285 g/mol. The minimum absolute atomic E-state index is 0.203. The van der Waals surface area contributed by atoms with Gasteiger partial charge in [0.2, 0.25) is 0 Å². The van der Waals surface area contributed by atoms with Crippen LogP contribution in [0.3, 0.4) is 0 Å². The Bertz CT molecular complexity index is 572. The second kappa shape index (κ2) is 7.41. The Morgan fingerprint density at radius 2 is 2.00 bits per heavy atom. The fourth-order valence-corrected chi connectivity index (χ4v) is 2.85. The summed E-state index contributed by atoms with van der Waals surface area (Å²) in [7, 11) is 2.02. The SMILES string of the molecule is CCCc1cccc(C(NC)c2cc(CC)nn2CC)c1. The van der Waals surface area contributed by atoms with Crippen molar-refractivity contribution in [1.82, 2.24) is 15.1 Å². The van der Waals surface area contributed by atoms with Crippen molar-refractivity contribution in [2.45, 2.75) is 52.6 Å². The zero-order valence-electron chi connectivity index (χ0n) is 13.7. The van der Waals surface area contributed by atoms with Crippen LogP contribution in [0.15, 0.2) is 30.3 Å². The Labute approximate surface area is 128 Å². The van der Waals surface area contributed by atoms with E-state index in [4.69, 9.17) is 0 Å². The average molecular weight is 285 g/mol.